The largest absolute Gasteiger partial charge is 0.476 e. The fourth-order valence-corrected chi connectivity index (χ4v) is 1.78. The maximum Gasteiger partial charge on any atom is 0.395 e. The van der Waals surface area contributed by atoms with Gasteiger partial charge < -0.3 is 5.11 Å². The van der Waals surface area contributed by atoms with E-state index in [4.69, 9.17) is 5.11 Å². The zero-order chi connectivity index (χ0) is 12.5. The van der Waals surface area contributed by atoms with Gasteiger partial charge in [0.05, 0.1) is 0 Å². The van der Waals surface area contributed by atoms with Crippen molar-refractivity contribution >= 4 is 17.7 Å². The van der Waals surface area contributed by atoms with E-state index in [2.05, 4.69) is 5.10 Å². The monoisotopic (exact) mass is 253 g/mol. The number of rotatable bonds is 4. The van der Waals surface area contributed by atoms with Crippen molar-refractivity contribution in [3.63, 3.8) is 0 Å². The smallest absolute Gasteiger partial charge is 0.395 e. The van der Waals surface area contributed by atoms with E-state index < -0.39 is 23.0 Å². The highest BCUT2D eigenvalue weighted by atomic mass is 32.2. The molecule has 0 aliphatic carbocycles. The first-order valence-electron chi connectivity index (χ1n) is 4.23. The standard InChI is InChI=1S/C7H9F2N3O3S/c1-3(2)12-5(15)10-11-6(12)16-7(8,9)4(13)14/h3H,1-2H3,(H,10,15)(H,13,14). The molecule has 9 heteroatoms. The second-order valence-electron chi connectivity index (χ2n) is 3.20. The summed E-state index contributed by atoms with van der Waals surface area (Å²) in [4.78, 5) is 21.4. The van der Waals surface area contributed by atoms with Crippen LogP contribution in [0.25, 0.3) is 0 Å². The van der Waals surface area contributed by atoms with Gasteiger partial charge in [0.2, 0.25) is 0 Å². The number of nitrogens with one attached hydrogen (secondary N) is 1. The molecule has 6 nitrogen and oxygen atoms in total. The Bertz CT molecular complexity index is 454. The van der Waals surface area contributed by atoms with Crippen LogP contribution in [0.1, 0.15) is 19.9 Å². The van der Waals surface area contributed by atoms with Crippen LogP contribution in [0.4, 0.5) is 8.78 Å². The van der Waals surface area contributed by atoms with E-state index in [0.717, 1.165) is 4.57 Å². The highest BCUT2D eigenvalue weighted by Crippen LogP contribution is 2.34. The number of aromatic amines is 1. The molecule has 0 saturated heterocycles. The number of carboxylic acid groups (broad SMARTS) is 1. The first-order chi connectivity index (χ1) is 7.25. The molecule has 2 N–H and O–H groups in total. The van der Waals surface area contributed by atoms with Crippen molar-refractivity contribution in [2.45, 2.75) is 30.3 Å². The predicted molar refractivity (Wildman–Crippen MR) is 51.7 cm³/mol. The molecular weight excluding hydrogens is 244 g/mol. The quantitative estimate of drug-likeness (QED) is 0.779. The summed E-state index contributed by atoms with van der Waals surface area (Å²) in [5.41, 5.74) is -0.654. The van der Waals surface area contributed by atoms with Gasteiger partial charge >= 0.3 is 16.9 Å². The summed E-state index contributed by atoms with van der Waals surface area (Å²) in [5.74, 6) is -2.27. The summed E-state index contributed by atoms with van der Waals surface area (Å²) in [7, 11) is 0. The molecule has 0 fully saturated rings. The molecule has 1 aromatic heterocycles. The Morgan fingerprint density at radius 3 is 2.62 bits per heavy atom. The minimum Gasteiger partial charge on any atom is -0.476 e. The third-order valence-corrected chi connectivity index (χ3v) is 2.56. The van der Waals surface area contributed by atoms with Crippen LogP contribution in [0.15, 0.2) is 9.95 Å². The third-order valence-electron chi connectivity index (χ3n) is 1.66. The van der Waals surface area contributed by atoms with Gasteiger partial charge in [0.25, 0.3) is 0 Å². The lowest BCUT2D eigenvalue weighted by Gasteiger charge is -2.12. The number of hydrogen-bond donors (Lipinski definition) is 2. The van der Waals surface area contributed by atoms with E-state index in [1.54, 1.807) is 13.8 Å². The molecule has 0 radical (unpaired) electrons. The van der Waals surface area contributed by atoms with Crippen molar-refractivity contribution in [3.05, 3.63) is 10.5 Å². The van der Waals surface area contributed by atoms with Gasteiger partial charge in [-0.05, 0) is 13.8 Å². The topological polar surface area (TPSA) is 88.0 Å². The Hall–Kier alpha value is -1.38. The van der Waals surface area contributed by atoms with Crippen LogP contribution < -0.4 is 5.69 Å². The minimum atomic E-state index is -4.02. The van der Waals surface area contributed by atoms with Crippen LogP contribution in [0.3, 0.4) is 0 Å². The number of hydrogen-bond acceptors (Lipinski definition) is 4. The molecule has 16 heavy (non-hydrogen) atoms. The fraction of sp³-hybridized carbons (Fsp3) is 0.571. The number of nitrogens with zero attached hydrogens (tertiary/aromatic N) is 2. The van der Waals surface area contributed by atoms with Crippen molar-refractivity contribution in [2.24, 2.45) is 0 Å². The van der Waals surface area contributed by atoms with E-state index >= 15 is 0 Å². The molecule has 0 aliphatic heterocycles. The lowest BCUT2D eigenvalue weighted by atomic mass is 10.4. The van der Waals surface area contributed by atoms with Gasteiger partial charge in [0.15, 0.2) is 5.16 Å². The molecule has 0 amide bonds. The predicted octanol–water partition coefficient (Wildman–Crippen LogP) is 0.922. The average Bonchev–Trinajstić information content (AvgIpc) is 2.45. The number of aromatic nitrogens is 3. The Labute approximate surface area is 92.7 Å². The molecule has 0 unspecified atom stereocenters. The third kappa shape index (κ3) is 2.40. The number of carbonyl (C=O) groups is 1. The molecule has 1 rings (SSSR count). The van der Waals surface area contributed by atoms with Crippen LogP contribution in [-0.2, 0) is 4.79 Å². The van der Waals surface area contributed by atoms with Crippen LogP contribution >= 0.6 is 11.8 Å². The Morgan fingerprint density at radius 2 is 2.19 bits per heavy atom. The molecule has 0 aromatic carbocycles. The molecule has 90 valence electrons. The fourth-order valence-electron chi connectivity index (χ4n) is 0.976. The molecule has 0 aliphatic rings. The number of carboxylic acids is 1. The molecule has 0 bridgehead atoms. The zero-order valence-electron chi connectivity index (χ0n) is 8.40. The van der Waals surface area contributed by atoms with Crippen molar-refractivity contribution in [2.75, 3.05) is 0 Å². The number of aliphatic carboxylic acids is 1. The summed E-state index contributed by atoms with van der Waals surface area (Å²) < 4.78 is 26.7. The van der Waals surface area contributed by atoms with E-state index in [9.17, 15) is 18.4 Å². The Morgan fingerprint density at radius 1 is 1.62 bits per heavy atom. The summed E-state index contributed by atoms with van der Waals surface area (Å²) in [5, 5.41) is 9.21. The first-order valence-corrected chi connectivity index (χ1v) is 5.04. The number of alkyl halides is 2. The number of H-pyrrole nitrogens is 1. The molecule has 0 spiro atoms. The Kier molecular flexibility index (Phi) is 3.36. The van der Waals surface area contributed by atoms with Crippen molar-refractivity contribution in [1.82, 2.24) is 14.8 Å². The first kappa shape index (κ1) is 12.7. The maximum atomic E-state index is 12.9. The van der Waals surface area contributed by atoms with E-state index in [0.29, 0.717) is 0 Å². The van der Waals surface area contributed by atoms with Gasteiger partial charge in [-0.15, -0.1) is 5.10 Å². The van der Waals surface area contributed by atoms with E-state index in [-0.39, 0.29) is 16.9 Å². The second kappa shape index (κ2) is 4.24. The summed E-state index contributed by atoms with van der Waals surface area (Å²) in [6, 6.07) is -0.390. The van der Waals surface area contributed by atoms with Crippen LogP contribution in [0.5, 0.6) is 0 Å². The lowest BCUT2D eigenvalue weighted by molar-refractivity contribution is -0.152. The molecule has 1 heterocycles. The van der Waals surface area contributed by atoms with Gasteiger partial charge in [0.1, 0.15) is 0 Å². The van der Waals surface area contributed by atoms with Crippen LogP contribution in [-0.4, -0.2) is 31.1 Å². The zero-order valence-corrected chi connectivity index (χ0v) is 9.22. The van der Waals surface area contributed by atoms with Crippen molar-refractivity contribution in [3.8, 4) is 0 Å². The van der Waals surface area contributed by atoms with E-state index in [1.807, 2.05) is 5.10 Å². The van der Waals surface area contributed by atoms with Crippen LogP contribution in [0, 0.1) is 0 Å². The summed E-state index contributed by atoms with van der Waals surface area (Å²) >= 11 is -0.283. The second-order valence-corrected chi connectivity index (χ2v) is 4.28. The molecule has 0 atom stereocenters. The Balaban J connectivity index is 3.07. The van der Waals surface area contributed by atoms with E-state index in [1.165, 1.54) is 0 Å². The van der Waals surface area contributed by atoms with Gasteiger partial charge in [0, 0.05) is 17.8 Å². The molecular formula is C7H9F2N3O3S. The van der Waals surface area contributed by atoms with Gasteiger partial charge in [-0.3, -0.25) is 4.57 Å². The summed E-state index contributed by atoms with van der Waals surface area (Å²) in [6.45, 7) is 3.19. The normalized spacial score (nSPS) is 12.1. The highest BCUT2D eigenvalue weighted by Gasteiger charge is 2.42. The molecule has 1 aromatic rings. The van der Waals surface area contributed by atoms with Crippen molar-refractivity contribution < 1.29 is 18.7 Å². The number of halogens is 2. The molecule has 0 saturated carbocycles. The van der Waals surface area contributed by atoms with Crippen LogP contribution in [0.2, 0.25) is 0 Å². The SMILES string of the molecule is CC(C)n1c(SC(F)(F)C(=O)O)n[nH]c1=O. The summed E-state index contributed by atoms with van der Waals surface area (Å²) in [6.07, 6.45) is 0. The van der Waals surface area contributed by atoms with Gasteiger partial charge in [-0.1, -0.05) is 0 Å². The minimum absolute atomic E-state index is 0.283. The maximum absolute atomic E-state index is 12.9. The highest BCUT2D eigenvalue weighted by molar-refractivity contribution is 8.00. The lowest BCUT2D eigenvalue weighted by Crippen LogP contribution is -2.26. The van der Waals surface area contributed by atoms with Gasteiger partial charge in [-0.25, -0.2) is 14.7 Å². The average molecular weight is 253 g/mol. The van der Waals surface area contributed by atoms with Crippen molar-refractivity contribution in [1.29, 1.82) is 0 Å². The number of thioether (sulfide) groups is 1. The van der Waals surface area contributed by atoms with Gasteiger partial charge in [-0.2, -0.15) is 8.78 Å².